The molecule has 1 aliphatic rings. The van der Waals surface area contributed by atoms with E-state index in [1.54, 1.807) is 6.92 Å². The number of anilines is 1. The molecule has 0 aromatic heterocycles. The molecule has 1 unspecified atom stereocenters. The van der Waals surface area contributed by atoms with E-state index in [1.165, 1.54) is 24.9 Å². The summed E-state index contributed by atoms with van der Waals surface area (Å²) in [7, 11) is 0. The number of hydrogen-bond acceptors (Lipinski definition) is 2. The van der Waals surface area contributed by atoms with E-state index in [-0.39, 0.29) is 5.78 Å². The Labute approximate surface area is 97.3 Å². The summed E-state index contributed by atoms with van der Waals surface area (Å²) in [6.45, 7) is 5.02. The summed E-state index contributed by atoms with van der Waals surface area (Å²) in [5.74, 6) is 0.137. The van der Waals surface area contributed by atoms with E-state index >= 15 is 0 Å². The van der Waals surface area contributed by atoms with E-state index in [0.29, 0.717) is 6.04 Å². The standard InChI is InChI=1S/C14H19NO/c1-11-5-3-4-10-15(11)14-8-6-13(7-9-14)12(2)16/h6-9,11H,3-5,10H2,1-2H3. The molecule has 0 bridgehead atoms. The zero-order valence-corrected chi connectivity index (χ0v) is 10.1. The molecule has 2 rings (SSSR count). The first-order chi connectivity index (χ1) is 7.68. The van der Waals surface area contributed by atoms with Crippen molar-refractivity contribution in [2.45, 2.75) is 39.2 Å². The summed E-state index contributed by atoms with van der Waals surface area (Å²) in [4.78, 5) is 13.6. The lowest BCUT2D eigenvalue weighted by Crippen LogP contribution is -2.37. The Kier molecular flexibility index (Phi) is 3.28. The molecular formula is C14H19NO. The lowest BCUT2D eigenvalue weighted by molar-refractivity contribution is 0.101. The highest BCUT2D eigenvalue weighted by atomic mass is 16.1. The van der Waals surface area contributed by atoms with Crippen LogP contribution in [0.15, 0.2) is 24.3 Å². The maximum absolute atomic E-state index is 11.2. The van der Waals surface area contributed by atoms with Gasteiger partial charge in [-0.2, -0.15) is 0 Å². The first-order valence-electron chi connectivity index (χ1n) is 6.06. The molecule has 1 aromatic carbocycles. The minimum Gasteiger partial charge on any atom is -0.369 e. The summed E-state index contributed by atoms with van der Waals surface area (Å²) in [5.41, 5.74) is 2.05. The molecule has 1 heterocycles. The first-order valence-corrected chi connectivity index (χ1v) is 6.06. The lowest BCUT2D eigenvalue weighted by Gasteiger charge is -2.35. The van der Waals surface area contributed by atoms with Crippen molar-refractivity contribution in [1.29, 1.82) is 0 Å². The number of Topliss-reactive ketones (excluding diaryl/α,β-unsaturated/α-hetero) is 1. The molecule has 86 valence electrons. The van der Waals surface area contributed by atoms with Gasteiger partial charge in [0.05, 0.1) is 0 Å². The number of rotatable bonds is 2. The monoisotopic (exact) mass is 217 g/mol. The molecule has 0 spiro atoms. The Morgan fingerprint density at radius 3 is 2.50 bits per heavy atom. The van der Waals surface area contributed by atoms with Crippen LogP contribution in [0.5, 0.6) is 0 Å². The topological polar surface area (TPSA) is 20.3 Å². The second-order valence-corrected chi connectivity index (χ2v) is 4.64. The minimum absolute atomic E-state index is 0.137. The van der Waals surface area contributed by atoms with Gasteiger partial charge in [0.2, 0.25) is 0 Å². The van der Waals surface area contributed by atoms with Gasteiger partial charge in [-0.3, -0.25) is 4.79 Å². The van der Waals surface area contributed by atoms with Gasteiger partial charge in [-0.25, -0.2) is 0 Å². The molecule has 1 aromatic rings. The third-order valence-electron chi connectivity index (χ3n) is 3.41. The largest absolute Gasteiger partial charge is 0.369 e. The van der Waals surface area contributed by atoms with Crippen LogP contribution in [0.25, 0.3) is 0 Å². The minimum atomic E-state index is 0.137. The van der Waals surface area contributed by atoms with Crippen molar-refractivity contribution in [3.05, 3.63) is 29.8 Å². The van der Waals surface area contributed by atoms with Crippen molar-refractivity contribution < 1.29 is 4.79 Å². The van der Waals surface area contributed by atoms with Gasteiger partial charge in [0.15, 0.2) is 5.78 Å². The fourth-order valence-corrected chi connectivity index (χ4v) is 2.37. The van der Waals surface area contributed by atoms with Gasteiger partial charge in [0.1, 0.15) is 0 Å². The number of carbonyl (C=O) groups excluding carboxylic acids is 1. The SMILES string of the molecule is CC(=O)c1ccc(N2CCCCC2C)cc1. The summed E-state index contributed by atoms with van der Waals surface area (Å²) >= 11 is 0. The van der Waals surface area contributed by atoms with E-state index in [0.717, 1.165) is 12.1 Å². The van der Waals surface area contributed by atoms with Crippen LogP contribution >= 0.6 is 0 Å². The average Bonchev–Trinajstić information content (AvgIpc) is 2.30. The molecular weight excluding hydrogens is 198 g/mol. The smallest absolute Gasteiger partial charge is 0.159 e. The number of benzene rings is 1. The maximum atomic E-state index is 11.2. The maximum Gasteiger partial charge on any atom is 0.159 e. The predicted molar refractivity (Wildman–Crippen MR) is 67.1 cm³/mol. The average molecular weight is 217 g/mol. The summed E-state index contributed by atoms with van der Waals surface area (Å²) in [6, 6.07) is 8.62. The van der Waals surface area contributed by atoms with Gasteiger partial charge in [-0.1, -0.05) is 0 Å². The molecule has 1 aliphatic heterocycles. The van der Waals surface area contributed by atoms with Crippen molar-refractivity contribution >= 4 is 11.5 Å². The molecule has 0 aliphatic carbocycles. The zero-order chi connectivity index (χ0) is 11.5. The van der Waals surface area contributed by atoms with Crippen LogP contribution in [0.1, 0.15) is 43.5 Å². The lowest BCUT2D eigenvalue weighted by atomic mass is 10.0. The van der Waals surface area contributed by atoms with Gasteiger partial charge < -0.3 is 4.90 Å². The third-order valence-corrected chi connectivity index (χ3v) is 3.41. The summed E-state index contributed by atoms with van der Waals surface area (Å²) in [6.07, 6.45) is 3.89. The predicted octanol–water partition coefficient (Wildman–Crippen LogP) is 3.27. The first kappa shape index (κ1) is 11.2. The second kappa shape index (κ2) is 4.69. The molecule has 0 radical (unpaired) electrons. The number of hydrogen-bond donors (Lipinski definition) is 0. The van der Waals surface area contributed by atoms with E-state index in [4.69, 9.17) is 0 Å². The van der Waals surface area contributed by atoms with Gasteiger partial charge in [0.25, 0.3) is 0 Å². The number of nitrogens with zero attached hydrogens (tertiary/aromatic N) is 1. The van der Waals surface area contributed by atoms with Gasteiger partial charge in [-0.15, -0.1) is 0 Å². The van der Waals surface area contributed by atoms with E-state index in [9.17, 15) is 4.79 Å². The summed E-state index contributed by atoms with van der Waals surface area (Å²) in [5, 5.41) is 0. The highest BCUT2D eigenvalue weighted by Crippen LogP contribution is 2.24. The fourth-order valence-electron chi connectivity index (χ4n) is 2.37. The Morgan fingerprint density at radius 1 is 1.25 bits per heavy atom. The number of carbonyl (C=O) groups is 1. The van der Waals surface area contributed by atoms with Crippen LogP contribution in [0.3, 0.4) is 0 Å². The molecule has 0 N–H and O–H groups in total. The fraction of sp³-hybridized carbons (Fsp3) is 0.500. The van der Waals surface area contributed by atoms with Crippen LogP contribution in [-0.4, -0.2) is 18.4 Å². The molecule has 16 heavy (non-hydrogen) atoms. The van der Waals surface area contributed by atoms with E-state index in [1.807, 2.05) is 12.1 Å². The molecule has 1 saturated heterocycles. The summed E-state index contributed by atoms with van der Waals surface area (Å²) < 4.78 is 0. The molecule has 1 atom stereocenters. The van der Waals surface area contributed by atoms with Crippen molar-refractivity contribution in [2.75, 3.05) is 11.4 Å². The van der Waals surface area contributed by atoms with Crippen molar-refractivity contribution in [3.63, 3.8) is 0 Å². The van der Waals surface area contributed by atoms with Crippen molar-refractivity contribution in [3.8, 4) is 0 Å². The molecule has 0 saturated carbocycles. The highest BCUT2D eigenvalue weighted by molar-refractivity contribution is 5.94. The zero-order valence-electron chi connectivity index (χ0n) is 10.1. The van der Waals surface area contributed by atoms with Crippen LogP contribution in [0.2, 0.25) is 0 Å². The Hall–Kier alpha value is -1.31. The molecule has 1 fully saturated rings. The number of ketones is 1. The molecule has 2 heteroatoms. The van der Waals surface area contributed by atoms with Crippen LogP contribution in [0, 0.1) is 0 Å². The van der Waals surface area contributed by atoms with Crippen LogP contribution in [0.4, 0.5) is 5.69 Å². The third kappa shape index (κ3) is 2.26. The van der Waals surface area contributed by atoms with Gasteiger partial charge >= 0.3 is 0 Å². The second-order valence-electron chi connectivity index (χ2n) is 4.64. The highest BCUT2D eigenvalue weighted by Gasteiger charge is 2.18. The number of piperidine rings is 1. The van der Waals surface area contributed by atoms with E-state index in [2.05, 4.69) is 24.0 Å². The van der Waals surface area contributed by atoms with Gasteiger partial charge in [0, 0.05) is 23.8 Å². The quantitative estimate of drug-likeness (QED) is 0.709. The molecule has 0 amide bonds. The van der Waals surface area contributed by atoms with Crippen molar-refractivity contribution in [1.82, 2.24) is 0 Å². The van der Waals surface area contributed by atoms with Crippen LogP contribution in [-0.2, 0) is 0 Å². The van der Waals surface area contributed by atoms with Crippen molar-refractivity contribution in [2.24, 2.45) is 0 Å². The van der Waals surface area contributed by atoms with Gasteiger partial charge in [-0.05, 0) is 57.4 Å². The Morgan fingerprint density at radius 2 is 1.94 bits per heavy atom. The van der Waals surface area contributed by atoms with E-state index < -0.39 is 0 Å². The Balaban J connectivity index is 2.17. The normalized spacial score (nSPS) is 20.9. The molecule has 2 nitrogen and oxygen atoms in total. The van der Waals surface area contributed by atoms with Crippen LogP contribution < -0.4 is 4.90 Å². The Bertz CT molecular complexity index is 369.